The van der Waals surface area contributed by atoms with E-state index in [0.29, 0.717) is 12.0 Å². The maximum atomic E-state index is 12.8. The van der Waals surface area contributed by atoms with Crippen molar-refractivity contribution in [2.45, 2.75) is 31.3 Å². The molecule has 1 saturated heterocycles. The lowest BCUT2D eigenvalue weighted by atomic mass is 9.87. The van der Waals surface area contributed by atoms with Crippen LogP contribution in [0, 0.1) is 10.1 Å². The van der Waals surface area contributed by atoms with Gasteiger partial charge in [-0.3, -0.25) is 9.36 Å². The lowest BCUT2D eigenvalue weighted by Crippen LogP contribution is -2.42. The molecular formula is C21H19ClN4O4. The number of aromatic hydroxyl groups is 1. The first-order valence-electron chi connectivity index (χ1n) is 9.33. The highest BCUT2D eigenvalue weighted by Gasteiger charge is 2.43. The second-order valence-corrected chi connectivity index (χ2v) is 8.04. The molecule has 1 fully saturated rings. The van der Waals surface area contributed by atoms with E-state index >= 15 is 0 Å². The van der Waals surface area contributed by atoms with E-state index in [1.54, 1.807) is 6.07 Å². The van der Waals surface area contributed by atoms with Gasteiger partial charge >= 0.3 is 11.1 Å². The van der Waals surface area contributed by atoms with Crippen LogP contribution >= 0.6 is 11.6 Å². The van der Waals surface area contributed by atoms with Crippen molar-refractivity contribution in [3.05, 3.63) is 75.7 Å². The maximum Gasteiger partial charge on any atom is 0.383 e. The fraction of sp³-hybridized carbons (Fsp3) is 0.238. The molecular weight excluding hydrogens is 408 g/mol. The van der Waals surface area contributed by atoms with Crippen molar-refractivity contribution in [2.75, 3.05) is 0 Å². The minimum absolute atomic E-state index is 0.0189. The number of phenolic OH excluding ortho intramolecular Hbond substituents is 1. The summed E-state index contributed by atoms with van der Waals surface area (Å²) in [6.07, 6.45) is 1.64. The number of imidazole rings is 1. The van der Waals surface area contributed by atoms with Gasteiger partial charge in [0, 0.05) is 5.56 Å². The van der Waals surface area contributed by atoms with Crippen LogP contribution in [-0.2, 0) is 11.3 Å². The zero-order chi connectivity index (χ0) is 21.5. The molecule has 1 aromatic heterocycles. The third kappa shape index (κ3) is 3.73. The van der Waals surface area contributed by atoms with Crippen LogP contribution < -0.4 is 5.32 Å². The van der Waals surface area contributed by atoms with Gasteiger partial charge in [-0.15, -0.1) is 0 Å². The van der Waals surface area contributed by atoms with Crippen LogP contribution in [-0.4, -0.2) is 31.0 Å². The fourth-order valence-corrected chi connectivity index (χ4v) is 4.13. The molecule has 2 aromatic carbocycles. The van der Waals surface area contributed by atoms with Gasteiger partial charge in [0.15, 0.2) is 0 Å². The van der Waals surface area contributed by atoms with E-state index in [9.17, 15) is 20.0 Å². The molecule has 8 nitrogen and oxygen atoms in total. The number of nitro groups is 1. The highest BCUT2D eigenvalue weighted by Crippen LogP contribution is 2.40. The molecule has 4 rings (SSSR count). The molecule has 0 bridgehead atoms. The Labute approximate surface area is 177 Å². The van der Waals surface area contributed by atoms with Crippen molar-refractivity contribution < 1.29 is 14.8 Å². The number of phenols is 1. The summed E-state index contributed by atoms with van der Waals surface area (Å²) in [5.74, 6) is -1.08. The number of amides is 1. The zero-order valence-corrected chi connectivity index (χ0v) is 16.8. The summed E-state index contributed by atoms with van der Waals surface area (Å²) in [6.45, 7) is 2.05. The van der Waals surface area contributed by atoms with Gasteiger partial charge in [-0.1, -0.05) is 36.4 Å². The van der Waals surface area contributed by atoms with E-state index in [4.69, 9.17) is 11.6 Å². The van der Waals surface area contributed by atoms with Crippen LogP contribution in [0.25, 0.3) is 11.1 Å². The molecule has 3 aromatic rings. The van der Waals surface area contributed by atoms with Gasteiger partial charge in [-0.25, -0.2) is 0 Å². The molecule has 30 heavy (non-hydrogen) atoms. The van der Waals surface area contributed by atoms with Crippen molar-refractivity contribution in [1.82, 2.24) is 14.9 Å². The molecule has 0 radical (unpaired) electrons. The molecule has 1 amide bonds. The van der Waals surface area contributed by atoms with E-state index in [-0.39, 0.29) is 29.3 Å². The van der Waals surface area contributed by atoms with E-state index in [1.165, 1.54) is 10.8 Å². The number of hydrogen-bond acceptors (Lipinski definition) is 5. The largest absolute Gasteiger partial charge is 0.508 e. The van der Waals surface area contributed by atoms with Crippen molar-refractivity contribution >= 4 is 23.3 Å². The number of hydrogen-bond donors (Lipinski definition) is 2. The SMILES string of the molecule is CC1(Cn2cc([N+](=O)[O-])nc2Cl)CC(c2cc(-c3ccccc3)ccc2O)C(=O)N1. The Bertz CT molecular complexity index is 1130. The first-order valence-corrected chi connectivity index (χ1v) is 9.71. The van der Waals surface area contributed by atoms with E-state index in [1.807, 2.05) is 49.4 Å². The van der Waals surface area contributed by atoms with Crippen LogP contribution in [0.5, 0.6) is 5.75 Å². The average Bonchev–Trinajstić information content (AvgIpc) is 3.22. The Kier molecular flexibility index (Phi) is 4.95. The second kappa shape index (κ2) is 7.46. The summed E-state index contributed by atoms with van der Waals surface area (Å²) in [7, 11) is 0. The first kappa shape index (κ1) is 19.9. The number of carbonyl (C=O) groups is 1. The monoisotopic (exact) mass is 426 g/mol. The summed E-state index contributed by atoms with van der Waals surface area (Å²) >= 11 is 6.03. The van der Waals surface area contributed by atoms with E-state index < -0.39 is 16.4 Å². The number of halogens is 1. The third-order valence-electron chi connectivity index (χ3n) is 5.33. The van der Waals surface area contributed by atoms with Gasteiger partial charge in [-0.05, 0) is 58.1 Å². The van der Waals surface area contributed by atoms with Crippen molar-refractivity contribution in [3.8, 4) is 16.9 Å². The number of carbonyl (C=O) groups excluding carboxylic acids is 1. The molecule has 2 atom stereocenters. The molecule has 9 heteroatoms. The minimum Gasteiger partial charge on any atom is -0.508 e. The van der Waals surface area contributed by atoms with E-state index in [2.05, 4.69) is 10.3 Å². The third-order valence-corrected chi connectivity index (χ3v) is 5.63. The highest BCUT2D eigenvalue weighted by molar-refractivity contribution is 6.28. The Balaban J connectivity index is 1.61. The molecule has 0 saturated carbocycles. The minimum atomic E-state index is -0.713. The molecule has 0 spiro atoms. The molecule has 2 N–H and O–H groups in total. The van der Waals surface area contributed by atoms with Crippen LogP contribution in [0.15, 0.2) is 54.7 Å². The first-order chi connectivity index (χ1) is 14.3. The lowest BCUT2D eigenvalue weighted by molar-refractivity contribution is -0.389. The number of nitrogens with zero attached hydrogens (tertiary/aromatic N) is 3. The number of nitrogens with one attached hydrogen (secondary N) is 1. The predicted octanol–water partition coefficient (Wildman–Crippen LogP) is 3.88. The zero-order valence-electron chi connectivity index (χ0n) is 16.1. The molecule has 2 unspecified atom stereocenters. The summed E-state index contributed by atoms with van der Waals surface area (Å²) in [5, 5.41) is 24.3. The maximum absolute atomic E-state index is 12.8. The summed E-state index contributed by atoms with van der Waals surface area (Å²) in [5.41, 5.74) is 1.71. The van der Waals surface area contributed by atoms with Crippen molar-refractivity contribution in [1.29, 1.82) is 0 Å². The highest BCUT2D eigenvalue weighted by atomic mass is 35.5. The molecule has 2 heterocycles. The average molecular weight is 427 g/mol. The quantitative estimate of drug-likeness (QED) is 0.475. The Morgan fingerprint density at radius 1 is 1.30 bits per heavy atom. The molecule has 0 aliphatic carbocycles. The number of benzene rings is 2. The second-order valence-electron chi connectivity index (χ2n) is 7.70. The predicted molar refractivity (Wildman–Crippen MR) is 111 cm³/mol. The number of rotatable bonds is 5. The van der Waals surface area contributed by atoms with Crippen LogP contribution in [0.3, 0.4) is 0 Å². The van der Waals surface area contributed by atoms with Gasteiger partial charge < -0.3 is 20.5 Å². The van der Waals surface area contributed by atoms with Crippen LogP contribution in [0.4, 0.5) is 5.82 Å². The van der Waals surface area contributed by atoms with Gasteiger partial charge in [0.05, 0.1) is 18.0 Å². The van der Waals surface area contributed by atoms with Gasteiger partial charge in [0.25, 0.3) is 0 Å². The fourth-order valence-electron chi connectivity index (χ4n) is 3.93. The van der Waals surface area contributed by atoms with Crippen molar-refractivity contribution in [2.24, 2.45) is 0 Å². The van der Waals surface area contributed by atoms with Crippen molar-refractivity contribution in [3.63, 3.8) is 0 Å². The van der Waals surface area contributed by atoms with E-state index in [0.717, 1.165) is 11.1 Å². The van der Waals surface area contributed by atoms with Crippen LogP contribution in [0.1, 0.15) is 24.8 Å². The van der Waals surface area contributed by atoms with Gasteiger partial charge in [0.1, 0.15) is 11.9 Å². The summed E-state index contributed by atoms with van der Waals surface area (Å²) in [4.78, 5) is 26.8. The van der Waals surface area contributed by atoms with Gasteiger partial charge in [-0.2, -0.15) is 0 Å². The number of aromatic nitrogens is 2. The summed E-state index contributed by atoms with van der Waals surface area (Å²) < 4.78 is 1.45. The topological polar surface area (TPSA) is 110 Å². The Morgan fingerprint density at radius 2 is 2.03 bits per heavy atom. The molecule has 1 aliphatic rings. The smallest absolute Gasteiger partial charge is 0.383 e. The standard InChI is InChI=1S/C21H19ClN4O4/c1-21(12-25-11-18(26(29)30)23-20(25)22)10-16(19(28)24-21)15-9-14(7-8-17(15)27)13-5-3-2-4-6-13/h2-9,11,16,27H,10,12H2,1H3,(H,24,28). The Hall–Kier alpha value is -3.39. The molecule has 154 valence electrons. The Morgan fingerprint density at radius 3 is 2.70 bits per heavy atom. The summed E-state index contributed by atoms with van der Waals surface area (Å²) in [6, 6.07) is 14.9. The lowest BCUT2D eigenvalue weighted by Gasteiger charge is -2.24. The van der Waals surface area contributed by atoms with Crippen LogP contribution in [0.2, 0.25) is 5.28 Å². The van der Waals surface area contributed by atoms with Gasteiger partial charge in [0.2, 0.25) is 5.91 Å². The molecule has 1 aliphatic heterocycles. The normalized spacial score (nSPS) is 20.9.